The maximum atomic E-state index is 13.2. The van der Waals surface area contributed by atoms with Crippen LogP contribution in [0.1, 0.15) is 31.2 Å². The van der Waals surface area contributed by atoms with Crippen molar-refractivity contribution >= 4 is 21.9 Å². The van der Waals surface area contributed by atoms with Crippen LogP contribution in [-0.4, -0.2) is 11.1 Å². The van der Waals surface area contributed by atoms with Crippen molar-refractivity contribution in [2.45, 2.75) is 31.1 Å². The Kier molecular flexibility index (Phi) is 3.02. The second kappa shape index (κ2) is 4.17. The van der Waals surface area contributed by atoms with Gasteiger partial charge < -0.3 is 5.11 Å². The summed E-state index contributed by atoms with van der Waals surface area (Å²) >= 11 is 3.31. The molecule has 1 fully saturated rings. The standard InChI is InChI=1S/C12H12BrFO2/c13-10-4-3-8(14)7-9(10)12(11(15)16)5-1-2-6-12/h3-4,7H,1-2,5-6H2,(H,15,16). The minimum absolute atomic E-state index is 0.384. The molecule has 16 heavy (non-hydrogen) atoms. The van der Waals surface area contributed by atoms with Crippen molar-refractivity contribution in [1.82, 2.24) is 0 Å². The molecule has 0 heterocycles. The van der Waals surface area contributed by atoms with Crippen molar-refractivity contribution in [2.75, 3.05) is 0 Å². The van der Waals surface area contributed by atoms with E-state index in [1.54, 1.807) is 6.07 Å². The lowest BCUT2D eigenvalue weighted by Crippen LogP contribution is -2.33. The molecule has 1 aromatic carbocycles. The minimum atomic E-state index is -0.902. The summed E-state index contributed by atoms with van der Waals surface area (Å²) in [6.45, 7) is 0. The normalized spacial score (nSPS) is 18.6. The molecule has 86 valence electrons. The first-order valence-corrected chi connectivity index (χ1v) is 6.04. The van der Waals surface area contributed by atoms with Gasteiger partial charge in [-0.3, -0.25) is 4.79 Å². The SMILES string of the molecule is O=C(O)C1(c2cc(F)ccc2Br)CCCC1. The molecule has 1 aliphatic carbocycles. The van der Waals surface area contributed by atoms with Crippen LogP contribution in [-0.2, 0) is 10.2 Å². The summed E-state index contributed by atoms with van der Waals surface area (Å²) in [7, 11) is 0. The van der Waals surface area contributed by atoms with Gasteiger partial charge in [-0.25, -0.2) is 4.39 Å². The third-order valence-corrected chi connectivity index (χ3v) is 4.00. The van der Waals surface area contributed by atoms with Gasteiger partial charge in [-0.1, -0.05) is 28.8 Å². The Morgan fingerprint density at radius 2 is 2.00 bits per heavy atom. The maximum absolute atomic E-state index is 13.2. The van der Waals surface area contributed by atoms with Crippen LogP contribution in [0, 0.1) is 5.82 Å². The third-order valence-electron chi connectivity index (χ3n) is 3.31. The van der Waals surface area contributed by atoms with Crippen LogP contribution in [0.2, 0.25) is 0 Å². The minimum Gasteiger partial charge on any atom is -0.481 e. The Bertz CT molecular complexity index is 425. The summed E-state index contributed by atoms with van der Waals surface area (Å²) in [5, 5.41) is 9.39. The fraction of sp³-hybridized carbons (Fsp3) is 0.417. The first-order chi connectivity index (χ1) is 7.56. The molecule has 1 N–H and O–H groups in total. The van der Waals surface area contributed by atoms with Crippen molar-refractivity contribution in [1.29, 1.82) is 0 Å². The van der Waals surface area contributed by atoms with E-state index in [0.717, 1.165) is 12.8 Å². The lowest BCUT2D eigenvalue weighted by Gasteiger charge is -2.25. The molecule has 0 atom stereocenters. The molecule has 1 aliphatic rings. The van der Waals surface area contributed by atoms with E-state index < -0.39 is 11.4 Å². The number of carboxylic acids is 1. The van der Waals surface area contributed by atoms with Crippen LogP contribution in [0.3, 0.4) is 0 Å². The van der Waals surface area contributed by atoms with Gasteiger partial charge in [-0.15, -0.1) is 0 Å². The Morgan fingerprint density at radius 3 is 2.56 bits per heavy atom. The lowest BCUT2D eigenvalue weighted by molar-refractivity contribution is -0.143. The van der Waals surface area contributed by atoms with Crippen LogP contribution >= 0.6 is 15.9 Å². The van der Waals surface area contributed by atoms with E-state index in [1.165, 1.54) is 12.1 Å². The number of halogens is 2. The van der Waals surface area contributed by atoms with E-state index in [0.29, 0.717) is 22.9 Å². The van der Waals surface area contributed by atoms with Gasteiger partial charge in [0.25, 0.3) is 0 Å². The molecule has 0 amide bonds. The van der Waals surface area contributed by atoms with Crippen molar-refractivity contribution < 1.29 is 14.3 Å². The summed E-state index contributed by atoms with van der Waals surface area (Å²) in [5.41, 5.74) is -0.335. The molecular formula is C12H12BrFO2. The number of hydrogen-bond donors (Lipinski definition) is 1. The van der Waals surface area contributed by atoms with Gasteiger partial charge in [0, 0.05) is 4.47 Å². The third kappa shape index (κ3) is 1.75. The van der Waals surface area contributed by atoms with E-state index in [4.69, 9.17) is 0 Å². The van der Waals surface area contributed by atoms with Crippen LogP contribution in [0.4, 0.5) is 4.39 Å². The summed E-state index contributed by atoms with van der Waals surface area (Å²) < 4.78 is 13.9. The second-order valence-corrected chi connectivity index (χ2v) is 5.07. The quantitative estimate of drug-likeness (QED) is 0.904. The largest absolute Gasteiger partial charge is 0.481 e. The van der Waals surface area contributed by atoms with Gasteiger partial charge in [0.1, 0.15) is 5.82 Å². The summed E-state index contributed by atoms with van der Waals surface area (Å²) in [6, 6.07) is 4.25. The zero-order valence-electron chi connectivity index (χ0n) is 8.67. The zero-order valence-corrected chi connectivity index (χ0v) is 10.3. The summed E-state index contributed by atoms with van der Waals surface area (Å²) in [5.74, 6) is -1.23. The molecule has 4 heteroatoms. The molecule has 0 radical (unpaired) electrons. The second-order valence-electron chi connectivity index (χ2n) is 4.22. The van der Waals surface area contributed by atoms with Crippen molar-refractivity contribution in [3.8, 4) is 0 Å². The van der Waals surface area contributed by atoms with Gasteiger partial charge in [0.2, 0.25) is 0 Å². The molecule has 1 aromatic rings. The molecule has 1 saturated carbocycles. The molecule has 0 unspecified atom stereocenters. The molecule has 0 spiro atoms. The van der Waals surface area contributed by atoms with E-state index in [-0.39, 0.29) is 5.82 Å². The molecule has 0 saturated heterocycles. The van der Waals surface area contributed by atoms with Gasteiger partial charge >= 0.3 is 5.97 Å². The molecule has 0 aliphatic heterocycles. The van der Waals surface area contributed by atoms with Crippen LogP contribution < -0.4 is 0 Å². The number of carbonyl (C=O) groups is 1. The first-order valence-electron chi connectivity index (χ1n) is 5.25. The van der Waals surface area contributed by atoms with E-state index in [1.807, 2.05) is 0 Å². The highest BCUT2D eigenvalue weighted by Gasteiger charge is 2.44. The summed E-state index contributed by atoms with van der Waals surface area (Å²) in [6.07, 6.45) is 2.94. The van der Waals surface area contributed by atoms with Crippen molar-refractivity contribution in [3.63, 3.8) is 0 Å². The molecule has 2 nitrogen and oxygen atoms in total. The number of rotatable bonds is 2. The first kappa shape index (κ1) is 11.6. The van der Waals surface area contributed by atoms with Crippen molar-refractivity contribution in [3.05, 3.63) is 34.1 Å². The topological polar surface area (TPSA) is 37.3 Å². The van der Waals surface area contributed by atoms with Gasteiger partial charge in [0.05, 0.1) is 5.41 Å². The number of benzene rings is 1. The highest BCUT2D eigenvalue weighted by molar-refractivity contribution is 9.10. The maximum Gasteiger partial charge on any atom is 0.314 e. The average molecular weight is 287 g/mol. The van der Waals surface area contributed by atoms with Gasteiger partial charge in [0.15, 0.2) is 0 Å². The predicted octanol–water partition coefficient (Wildman–Crippen LogP) is 3.48. The molecular weight excluding hydrogens is 275 g/mol. The van der Waals surface area contributed by atoms with Crippen LogP contribution in [0.5, 0.6) is 0 Å². The highest BCUT2D eigenvalue weighted by atomic mass is 79.9. The molecule has 2 rings (SSSR count). The number of hydrogen-bond acceptors (Lipinski definition) is 1. The Labute approximate surface area is 102 Å². The zero-order chi connectivity index (χ0) is 11.8. The molecule has 0 aromatic heterocycles. The van der Waals surface area contributed by atoms with E-state index >= 15 is 0 Å². The number of carboxylic acid groups (broad SMARTS) is 1. The fourth-order valence-corrected chi connectivity index (χ4v) is 3.07. The van der Waals surface area contributed by atoms with E-state index in [9.17, 15) is 14.3 Å². The van der Waals surface area contributed by atoms with Crippen LogP contribution in [0.15, 0.2) is 22.7 Å². The Balaban J connectivity index is 2.55. The Morgan fingerprint density at radius 1 is 1.38 bits per heavy atom. The molecule has 0 bridgehead atoms. The van der Waals surface area contributed by atoms with E-state index in [2.05, 4.69) is 15.9 Å². The van der Waals surface area contributed by atoms with Crippen LogP contribution in [0.25, 0.3) is 0 Å². The smallest absolute Gasteiger partial charge is 0.314 e. The summed E-state index contributed by atoms with van der Waals surface area (Å²) in [4.78, 5) is 11.4. The highest BCUT2D eigenvalue weighted by Crippen LogP contribution is 2.44. The Hall–Kier alpha value is -0.900. The van der Waals surface area contributed by atoms with Gasteiger partial charge in [-0.05, 0) is 36.6 Å². The van der Waals surface area contributed by atoms with Crippen molar-refractivity contribution in [2.24, 2.45) is 0 Å². The average Bonchev–Trinajstić information content (AvgIpc) is 2.71. The number of aliphatic carboxylic acids is 1. The predicted molar refractivity (Wildman–Crippen MR) is 61.9 cm³/mol. The van der Waals surface area contributed by atoms with Gasteiger partial charge in [-0.2, -0.15) is 0 Å². The lowest BCUT2D eigenvalue weighted by atomic mass is 9.79. The monoisotopic (exact) mass is 286 g/mol. The fourth-order valence-electron chi connectivity index (χ4n) is 2.44.